The molecule has 0 atom stereocenters. The average molecular weight is 493 g/mol. The number of carbonyl (C=O) groups is 1. The molecule has 0 aromatic heterocycles. The van der Waals surface area contributed by atoms with Crippen molar-refractivity contribution in [1.82, 2.24) is 0 Å². The predicted octanol–water partition coefficient (Wildman–Crippen LogP) is 5.59. The number of carbonyl (C=O) groups excluding carboxylic acids is 1. The van der Waals surface area contributed by atoms with Gasteiger partial charge in [-0.3, -0.25) is 4.79 Å². The van der Waals surface area contributed by atoms with E-state index in [1.807, 2.05) is 36.4 Å². The molecule has 0 fully saturated rings. The number of amides is 1. The number of nitrogens with zero attached hydrogens (tertiary/aromatic N) is 1. The Balaban J connectivity index is 1.83. The molecular formula is C25H21BrN2O4. The van der Waals surface area contributed by atoms with Crippen LogP contribution < -0.4 is 19.5 Å². The maximum absolute atomic E-state index is 12.7. The van der Waals surface area contributed by atoms with Gasteiger partial charge in [0.2, 0.25) is 0 Å². The van der Waals surface area contributed by atoms with Crippen molar-refractivity contribution in [2.24, 2.45) is 0 Å². The van der Waals surface area contributed by atoms with Gasteiger partial charge in [-0.2, -0.15) is 5.26 Å². The molecule has 7 heteroatoms. The fourth-order valence-electron chi connectivity index (χ4n) is 2.95. The lowest BCUT2D eigenvalue weighted by Gasteiger charge is -2.14. The van der Waals surface area contributed by atoms with Crippen LogP contribution >= 0.6 is 15.9 Å². The lowest BCUT2D eigenvalue weighted by Crippen LogP contribution is -2.14. The Bertz CT molecular complexity index is 1170. The van der Waals surface area contributed by atoms with E-state index in [-0.39, 0.29) is 5.57 Å². The van der Waals surface area contributed by atoms with Crippen molar-refractivity contribution in [3.8, 4) is 23.3 Å². The number of nitriles is 1. The Hall–Kier alpha value is -3.76. The van der Waals surface area contributed by atoms with E-state index in [2.05, 4.69) is 21.2 Å². The molecule has 3 rings (SSSR count). The van der Waals surface area contributed by atoms with Crippen LogP contribution in [-0.4, -0.2) is 20.1 Å². The molecule has 0 spiro atoms. The zero-order valence-electron chi connectivity index (χ0n) is 17.6. The first-order valence-electron chi connectivity index (χ1n) is 9.66. The monoisotopic (exact) mass is 492 g/mol. The smallest absolute Gasteiger partial charge is 0.266 e. The number of benzene rings is 3. The van der Waals surface area contributed by atoms with Gasteiger partial charge < -0.3 is 19.5 Å². The molecule has 0 saturated carbocycles. The molecule has 162 valence electrons. The van der Waals surface area contributed by atoms with Gasteiger partial charge in [-0.15, -0.1) is 0 Å². The standard InChI is InChI=1S/C25H21BrN2O4/c1-30-22-11-7-6-10-21(22)28-25(29)19(15-27)12-18-13-20(26)24(23(14-18)31-2)32-16-17-8-4-3-5-9-17/h3-14H,16H2,1-2H3,(H,28,29)/b19-12+. The van der Waals surface area contributed by atoms with E-state index >= 15 is 0 Å². The maximum atomic E-state index is 12.7. The number of halogens is 1. The van der Waals surface area contributed by atoms with Crippen molar-refractivity contribution in [2.75, 3.05) is 19.5 Å². The number of hydrogen-bond acceptors (Lipinski definition) is 5. The van der Waals surface area contributed by atoms with Crippen molar-refractivity contribution < 1.29 is 19.0 Å². The van der Waals surface area contributed by atoms with E-state index in [0.29, 0.717) is 39.6 Å². The largest absolute Gasteiger partial charge is 0.495 e. The van der Waals surface area contributed by atoms with Crippen molar-refractivity contribution in [2.45, 2.75) is 6.61 Å². The highest BCUT2D eigenvalue weighted by Gasteiger charge is 2.15. The van der Waals surface area contributed by atoms with E-state index in [9.17, 15) is 10.1 Å². The van der Waals surface area contributed by atoms with Crippen molar-refractivity contribution in [3.05, 3.63) is 87.9 Å². The molecular weight excluding hydrogens is 472 g/mol. The van der Waals surface area contributed by atoms with Crippen LogP contribution in [0.2, 0.25) is 0 Å². The number of ether oxygens (including phenoxy) is 3. The molecule has 0 aliphatic heterocycles. The first-order chi connectivity index (χ1) is 15.5. The third-order valence-corrected chi connectivity index (χ3v) is 5.10. The zero-order chi connectivity index (χ0) is 22.9. The van der Waals surface area contributed by atoms with Crippen LogP contribution in [0.3, 0.4) is 0 Å². The maximum Gasteiger partial charge on any atom is 0.266 e. The molecule has 0 aliphatic carbocycles. The molecule has 1 N–H and O–H groups in total. The van der Waals surface area contributed by atoms with Crippen molar-refractivity contribution in [1.29, 1.82) is 5.26 Å². The molecule has 32 heavy (non-hydrogen) atoms. The Labute approximate surface area is 195 Å². The van der Waals surface area contributed by atoms with E-state index in [1.54, 1.807) is 36.4 Å². The van der Waals surface area contributed by atoms with E-state index in [0.717, 1.165) is 5.56 Å². The van der Waals surface area contributed by atoms with E-state index in [1.165, 1.54) is 20.3 Å². The van der Waals surface area contributed by atoms with Crippen LogP contribution in [0.25, 0.3) is 6.08 Å². The highest BCUT2D eigenvalue weighted by atomic mass is 79.9. The van der Waals surface area contributed by atoms with Gasteiger partial charge in [-0.05, 0) is 57.4 Å². The third kappa shape index (κ3) is 5.68. The van der Waals surface area contributed by atoms with Gasteiger partial charge in [-0.1, -0.05) is 42.5 Å². The molecule has 3 aromatic rings. The summed E-state index contributed by atoms with van der Waals surface area (Å²) < 4.78 is 17.3. The summed E-state index contributed by atoms with van der Waals surface area (Å²) in [4.78, 5) is 12.7. The number of methoxy groups -OCH3 is 2. The average Bonchev–Trinajstić information content (AvgIpc) is 2.82. The lowest BCUT2D eigenvalue weighted by atomic mass is 10.1. The summed E-state index contributed by atoms with van der Waals surface area (Å²) >= 11 is 3.50. The van der Waals surface area contributed by atoms with Crippen molar-refractivity contribution >= 4 is 33.6 Å². The first-order valence-corrected chi connectivity index (χ1v) is 10.5. The number of anilines is 1. The number of hydrogen-bond donors (Lipinski definition) is 1. The number of nitrogens with one attached hydrogen (secondary N) is 1. The Morgan fingerprint density at radius 1 is 1.03 bits per heavy atom. The predicted molar refractivity (Wildman–Crippen MR) is 127 cm³/mol. The molecule has 3 aromatic carbocycles. The lowest BCUT2D eigenvalue weighted by molar-refractivity contribution is -0.112. The summed E-state index contributed by atoms with van der Waals surface area (Å²) in [6.07, 6.45) is 1.49. The molecule has 0 saturated heterocycles. The summed E-state index contributed by atoms with van der Waals surface area (Å²) in [5.41, 5.74) is 2.03. The van der Waals surface area contributed by atoms with E-state index in [4.69, 9.17) is 14.2 Å². The minimum Gasteiger partial charge on any atom is -0.495 e. The third-order valence-electron chi connectivity index (χ3n) is 4.51. The first kappa shape index (κ1) is 22.9. The summed E-state index contributed by atoms with van der Waals surface area (Å²) in [7, 11) is 3.04. The molecule has 0 unspecified atom stereocenters. The van der Waals surface area contributed by atoms with Crippen LogP contribution in [0, 0.1) is 11.3 Å². The van der Waals surface area contributed by atoms with Gasteiger partial charge in [0.1, 0.15) is 24.0 Å². The molecule has 0 aliphatic rings. The fraction of sp³-hybridized carbons (Fsp3) is 0.120. The summed E-state index contributed by atoms with van der Waals surface area (Å²) in [5.74, 6) is 0.966. The quantitative estimate of drug-likeness (QED) is 0.327. The van der Waals surface area contributed by atoms with Gasteiger partial charge in [0.05, 0.1) is 24.4 Å². The van der Waals surface area contributed by atoms with Gasteiger partial charge in [0.25, 0.3) is 5.91 Å². The van der Waals surface area contributed by atoms with E-state index < -0.39 is 5.91 Å². The highest BCUT2D eigenvalue weighted by Crippen LogP contribution is 2.38. The van der Waals surface area contributed by atoms with Gasteiger partial charge in [0, 0.05) is 0 Å². The molecule has 0 bridgehead atoms. The second-order valence-corrected chi connectivity index (χ2v) is 7.49. The molecule has 1 amide bonds. The second kappa shape index (κ2) is 11.0. The minimum absolute atomic E-state index is 0.0668. The second-order valence-electron chi connectivity index (χ2n) is 6.63. The van der Waals surface area contributed by atoms with Crippen LogP contribution in [0.5, 0.6) is 17.2 Å². The minimum atomic E-state index is -0.545. The Kier molecular flexibility index (Phi) is 7.90. The molecule has 6 nitrogen and oxygen atoms in total. The summed E-state index contributed by atoms with van der Waals surface area (Å²) in [6.45, 7) is 0.371. The fourth-order valence-corrected chi connectivity index (χ4v) is 3.52. The number of rotatable bonds is 8. The summed E-state index contributed by atoms with van der Waals surface area (Å²) in [6, 6.07) is 22.2. The molecule has 0 radical (unpaired) electrons. The van der Waals surface area contributed by atoms with Crippen molar-refractivity contribution in [3.63, 3.8) is 0 Å². The topological polar surface area (TPSA) is 80.6 Å². The molecule has 0 heterocycles. The van der Waals surface area contributed by atoms with Crippen LogP contribution in [0.4, 0.5) is 5.69 Å². The normalized spacial score (nSPS) is 10.8. The highest BCUT2D eigenvalue weighted by molar-refractivity contribution is 9.10. The number of para-hydroxylation sites is 2. The van der Waals surface area contributed by atoms with Crippen LogP contribution in [0.15, 0.2) is 76.8 Å². The Morgan fingerprint density at radius 2 is 1.72 bits per heavy atom. The van der Waals surface area contributed by atoms with Gasteiger partial charge in [-0.25, -0.2) is 0 Å². The summed E-state index contributed by atoms with van der Waals surface area (Å²) in [5, 5.41) is 12.2. The van der Waals surface area contributed by atoms with Gasteiger partial charge in [0.15, 0.2) is 11.5 Å². The van der Waals surface area contributed by atoms with Crippen LogP contribution in [0.1, 0.15) is 11.1 Å². The Morgan fingerprint density at radius 3 is 2.41 bits per heavy atom. The SMILES string of the molecule is COc1ccccc1NC(=O)/C(C#N)=C/c1cc(Br)c(OCc2ccccc2)c(OC)c1. The zero-order valence-corrected chi connectivity index (χ0v) is 19.2. The van der Waals surface area contributed by atoms with Gasteiger partial charge >= 0.3 is 0 Å². The van der Waals surface area contributed by atoms with Crippen LogP contribution in [-0.2, 0) is 11.4 Å².